The Kier molecular flexibility index (Phi) is 4.18. The van der Waals surface area contributed by atoms with Gasteiger partial charge in [0.15, 0.2) is 0 Å². The van der Waals surface area contributed by atoms with Crippen LogP contribution in [0.2, 0.25) is 0 Å². The number of hydrogen-bond acceptors (Lipinski definition) is 4. The smallest absolute Gasteiger partial charge is 0.225 e. The number of thiophene rings is 1. The van der Waals surface area contributed by atoms with Crippen molar-refractivity contribution in [1.29, 1.82) is 0 Å². The summed E-state index contributed by atoms with van der Waals surface area (Å²) in [5.74, 6) is 1.04. The maximum Gasteiger partial charge on any atom is 0.225 e. The second kappa shape index (κ2) is 6.24. The molecule has 0 bridgehead atoms. The highest BCUT2D eigenvalue weighted by atomic mass is 32.1. The molecule has 0 aromatic carbocycles. The molecular weight excluding hydrogens is 274 g/mol. The van der Waals surface area contributed by atoms with E-state index in [0.717, 1.165) is 12.2 Å². The van der Waals surface area contributed by atoms with E-state index < -0.39 is 0 Å². The van der Waals surface area contributed by atoms with Crippen LogP contribution in [-0.4, -0.2) is 25.7 Å². The number of carbonyl (C=O) groups excluding carboxylic acids is 1. The molecule has 2 aromatic heterocycles. The van der Waals surface area contributed by atoms with Crippen LogP contribution in [0.4, 0.5) is 0 Å². The van der Waals surface area contributed by atoms with Crippen LogP contribution < -0.4 is 5.32 Å². The zero-order valence-electron chi connectivity index (χ0n) is 11.1. The Balaban J connectivity index is 1.66. The molecule has 3 heterocycles. The lowest BCUT2D eigenvalue weighted by atomic mass is 10.0. The fourth-order valence-electron chi connectivity index (χ4n) is 2.41. The normalized spacial score (nSPS) is 19.9. The topological polar surface area (TPSA) is 51.5 Å². The molecule has 1 aliphatic rings. The van der Waals surface area contributed by atoms with Gasteiger partial charge in [-0.25, -0.2) is 0 Å². The SMILES string of the molecule is O=C(NCC(c1ccco1)c1cccs1)C1CCOC1. The summed E-state index contributed by atoms with van der Waals surface area (Å²) >= 11 is 1.68. The Morgan fingerprint density at radius 1 is 1.45 bits per heavy atom. The summed E-state index contributed by atoms with van der Waals surface area (Å²) in [5, 5.41) is 5.07. The van der Waals surface area contributed by atoms with Crippen LogP contribution in [0.1, 0.15) is 23.0 Å². The summed E-state index contributed by atoms with van der Waals surface area (Å²) in [5.41, 5.74) is 0. The van der Waals surface area contributed by atoms with Gasteiger partial charge in [-0.15, -0.1) is 11.3 Å². The molecule has 4 nitrogen and oxygen atoms in total. The number of rotatable bonds is 5. The van der Waals surface area contributed by atoms with Gasteiger partial charge in [-0.3, -0.25) is 4.79 Å². The van der Waals surface area contributed by atoms with Crippen LogP contribution >= 0.6 is 11.3 Å². The molecule has 1 amide bonds. The van der Waals surface area contributed by atoms with Gasteiger partial charge in [-0.1, -0.05) is 6.07 Å². The van der Waals surface area contributed by atoms with Crippen molar-refractivity contribution in [3.05, 3.63) is 46.5 Å². The summed E-state index contributed by atoms with van der Waals surface area (Å²) in [4.78, 5) is 13.3. The Morgan fingerprint density at radius 3 is 3.05 bits per heavy atom. The van der Waals surface area contributed by atoms with Crippen molar-refractivity contribution in [2.24, 2.45) is 5.92 Å². The number of furan rings is 1. The highest BCUT2D eigenvalue weighted by Gasteiger charge is 2.25. The van der Waals surface area contributed by atoms with E-state index in [2.05, 4.69) is 11.4 Å². The van der Waals surface area contributed by atoms with Gasteiger partial charge in [-0.05, 0) is 30.0 Å². The first-order valence-corrected chi connectivity index (χ1v) is 7.65. The average Bonchev–Trinajstić information content (AvgIpc) is 3.22. The van der Waals surface area contributed by atoms with Crippen molar-refractivity contribution < 1.29 is 13.9 Å². The van der Waals surface area contributed by atoms with E-state index in [4.69, 9.17) is 9.15 Å². The van der Waals surface area contributed by atoms with E-state index >= 15 is 0 Å². The van der Waals surface area contributed by atoms with Crippen LogP contribution in [-0.2, 0) is 9.53 Å². The summed E-state index contributed by atoms with van der Waals surface area (Å²) in [6.45, 7) is 1.78. The fourth-order valence-corrected chi connectivity index (χ4v) is 3.24. The number of ether oxygens (including phenoxy) is 1. The minimum absolute atomic E-state index is 0.00409. The molecule has 2 unspecified atom stereocenters. The lowest BCUT2D eigenvalue weighted by Crippen LogP contribution is -2.34. The molecule has 0 radical (unpaired) electrons. The maximum atomic E-state index is 12.1. The van der Waals surface area contributed by atoms with Gasteiger partial charge in [0, 0.05) is 18.0 Å². The molecule has 2 atom stereocenters. The third-order valence-electron chi connectivity index (χ3n) is 3.55. The van der Waals surface area contributed by atoms with Gasteiger partial charge in [0.05, 0.1) is 24.7 Å². The van der Waals surface area contributed by atoms with Crippen molar-refractivity contribution in [2.75, 3.05) is 19.8 Å². The molecule has 1 fully saturated rings. The Labute approximate surface area is 121 Å². The molecule has 1 aliphatic heterocycles. The first kappa shape index (κ1) is 13.4. The highest BCUT2D eigenvalue weighted by Crippen LogP contribution is 2.28. The van der Waals surface area contributed by atoms with Gasteiger partial charge < -0.3 is 14.5 Å². The second-order valence-corrected chi connectivity index (χ2v) is 5.87. The van der Waals surface area contributed by atoms with Crippen molar-refractivity contribution in [3.8, 4) is 0 Å². The quantitative estimate of drug-likeness (QED) is 0.921. The molecule has 0 saturated carbocycles. The fraction of sp³-hybridized carbons (Fsp3) is 0.400. The van der Waals surface area contributed by atoms with E-state index in [1.165, 1.54) is 4.88 Å². The van der Waals surface area contributed by atoms with Crippen LogP contribution in [0.3, 0.4) is 0 Å². The van der Waals surface area contributed by atoms with Gasteiger partial charge >= 0.3 is 0 Å². The van der Waals surface area contributed by atoms with Crippen LogP contribution in [0.25, 0.3) is 0 Å². The van der Waals surface area contributed by atoms with Crippen LogP contribution in [0, 0.1) is 5.92 Å². The summed E-state index contributed by atoms with van der Waals surface area (Å²) in [6.07, 6.45) is 2.48. The summed E-state index contributed by atoms with van der Waals surface area (Å²) < 4.78 is 10.8. The maximum absolute atomic E-state index is 12.1. The van der Waals surface area contributed by atoms with Crippen LogP contribution in [0.5, 0.6) is 0 Å². The Bertz CT molecular complexity index is 495. The van der Waals surface area contributed by atoms with Crippen molar-refractivity contribution in [3.63, 3.8) is 0 Å². The largest absolute Gasteiger partial charge is 0.469 e. The molecule has 1 N–H and O–H groups in total. The summed E-state index contributed by atoms with van der Waals surface area (Å²) in [7, 11) is 0. The van der Waals surface area contributed by atoms with Crippen molar-refractivity contribution >= 4 is 17.2 Å². The standard InChI is InChI=1S/C15H17NO3S/c17-15(11-5-7-18-10-11)16-9-12(13-3-1-6-19-13)14-4-2-8-20-14/h1-4,6,8,11-12H,5,7,9-10H2,(H,16,17). The first-order valence-electron chi connectivity index (χ1n) is 6.77. The summed E-state index contributed by atoms with van der Waals surface area (Å²) in [6, 6.07) is 7.92. The van der Waals surface area contributed by atoms with E-state index in [9.17, 15) is 4.79 Å². The third kappa shape index (κ3) is 2.94. The minimum Gasteiger partial charge on any atom is -0.469 e. The minimum atomic E-state index is -0.00409. The monoisotopic (exact) mass is 291 g/mol. The predicted molar refractivity (Wildman–Crippen MR) is 76.8 cm³/mol. The number of hydrogen-bond donors (Lipinski definition) is 1. The molecular formula is C15H17NO3S. The predicted octanol–water partition coefficient (Wildman–Crippen LogP) is 2.63. The van der Waals surface area contributed by atoms with Crippen molar-refractivity contribution in [1.82, 2.24) is 5.32 Å². The van der Waals surface area contributed by atoms with Gasteiger partial charge in [0.1, 0.15) is 5.76 Å². The van der Waals surface area contributed by atoms with E-state index in [-0.39, 0.29) is 17.7 Å². The zero-order valence-corrected chi connectivity index (χ0v) is 11.9. The molecule has 1 saturated heterocycles. The zero-order chi connectivity index (χ0) is 13.8. The molecule has 5 heteroatoms. The van der Waals surface area contributed by atoms with E-state index in [1.54, 1.807) is 17.6 Å². The Morgan fingerprint density at radius 2 is 2.40 bits per heavy atom. The van der Waals surface area contributed by atoms with Crippen molar-refractivity contribution in [2.45, 2.75) is 12.3 Å². The number of nitrogens with one attached hydrogen (secondary N) is 1. The molecule has 2 aromatic rings. The lowest BCUT2D eigenvalue weighted by molar-refractivity contribution is -0.124. The Hall–Kier alpha value is -1.59. The first-order chi connectivity index (χ1) is 9.84. The van der Waals surface area contributed by atoms with Crippen LogP contribution in [0.15, 0.2) is 40.3 Å². The molecule has 106 valence electrons. The lowest BCUT2D eigenvalue weighted by Gasteiger charge is -2.15. The highest BCUT2D eigenvalue weighted by molar-refractivity contribution is 7.10. The number of carbonyl (C=O) groups is 1. The third-order valence-corrected chi connectivity index (χ3v) is 4.54. The number of amides is 1. The molecule has 3 rings (SSSR count). The second-order valence-electron chi connectivity index (χ2n) is 4.89. The van der Waals surface area contributed by atoms with Gasteiger partial charge in [0.25, 0.3) is 0 Å². The van der Waals surface area contributed by atoms with E-state index in [0.29, 0.717) is 19.8 Å². The molecule has 0 aliphatic carbocycles. The van der Waals surface area contributed by atoms with E-state index in [1.807, 2.05) is 23.6 Å². The van der Waals surface area contributed by atoms with Gasteiger partial charge in [-0.2, -0.15) is 0 Å². The van der Waals surface area contributed by atoms with Gasteiger partial charge in [0.2, 0.25) is 5.91 Å². The molecule has 20 heavy (non-hydrogen) atoms. The molecule has 0 spiro atoms. The average molecular weight is 291 g/mol.